The molecule has 4 nitrogen and oxygen atoms in total. The predicted molar refractivity (Wildman–Crippen MR) is 66.9 cm³/mol. The number of carboxylic acid groups (broad SMARTS) is 1. The van der Waals surface area contributed by atoms with E-state index in [-0.39, 0.29) is 11.3 Å². The van der Waals surface area contributed by atoms with Crippen LogP contribution in [0.5, 0.6) is 0 Å². The van der Waals surface area contributed by atoms with Crippen LogP contribution in [0.15, 0.2) is 12.7 Å². The van der Waals surface area contributed by atoms with E-state index in [4.69, 9.17) is 0 Å². The third-order valence-electron chi connectivity index (χ3n) is 4.39. The molecule has 4 heteroatoms. The Morgan fingerprint density at radius 2 is 2.18 bits per heavy atom. The first-order valence-corrected chi connectivity index (χ1v) is 6.32. The first kappa shape index (κ1) is 12.6. The smallest absolute Gasteiger partial charge is 0.308 e. The van der Waals surface area contributed by atoms with Gasteiger partial charge in [-0.25, -0.2) is 0 Å². The highest BCUT2D eigenvalue weighted by Crippen LogP contribution is 2.44. The molecule has 0 radical (unpaired) electrons. The van der Waals surface area contributed by atoms with Crippen molar-refractivity contribution in [2.24, 2.45) is 11.3 Å². The summed E-state index contributed by atoms with van der Waals surface area (Å²) in [7, 11) is 2.11. The fraction of sp³-hybridized carbons (Fsp3) is 0.769. The Balaban J connectivity index is 2.12. The van der Waals surface area contributed by atoms with Crippen molar-refractivity contribution in [3.05, 3.63) is 12.7 Å². The highest BCUT2D eigenvalue weighted by Gasteiger charge is 2.50. The number of piperidine rings is 1. The minimum atomic E-state index is -0.624. The van der Waals surface area contributed by atoms with Crippen LogP contribution in [-0.2, 0) is 4.79 Å². The van der Waals surface area contributed by atoms with E-state index in [9.17, 15) is 9.90 Å². The molecule has 2 aliphatic heterocycles. The number of hydrogen-bond donors (Lipinski definition) is 1. The van der Waals surface area contributed by atoms with E-state index in [1.165, 1.54) is 0 Å². The molecule has 0 bridgehead atoms. The second-order valence-corrected chi connectivity index (χ2v) is 5.54. The first-order chi connectivity index (χ1) is 8.07. The number of nitrogens with zero attached hydrogens (tertiary/aromatic N) is 2. The largest absolute Gasteiger partial charge is 0.481 e. The van der Waals surface area contributed by atoms with E-state index in [0.717, 1.165) is 39.0 Å². The minimum Gasteiger partial charge on any atom is -0.481 e. The van der Waals surface area contributed by atoms with Gasteiger partial charge in [-0.15, -0.1) is 6.58 Å². The fourth-order valence-electron chi connectivity index (χ4n) is 3.30. The van der Waals surface area contributed by atoms with Gasteiger partial charge in [-0.1, -0.05) is 6.08 Å². The Hall–Kier alpha value is -0.870. The first-order valence-electron chi connectivity index (χ1n) is 6.32. The molecule has 2 heterocycles. The molecule has 0 saturated carbocycles. The Labute approximate surface area is 103 Å². The van der Waals surface area contributed by atoms with Gasteiger partial charge in [-0.05, 0) is 33.0 Å². The second-order valence-electron chi connectivity index (χ2n) is 5.54. The Bertz CT molecular complexity index is 309. The monoisotopic (exact) mass is 238 g/mol. The number of carboxylic acids is 1. The van der Waals surface area contributed by atoms with Gasteiger partial charge in [0.15, 0.2) is 0 Å². The Morgan fingerprint density at radius 1 is 1.53 bits per heavy atom. The van der Waals surface area contributed by atoms with E-state index in [1.54, 1.807) is 0 Å². The lowest BCUT2D eigenvalue weighted by Gasteiger charge is -2.40. The van der Waals surface area contributed by atoms with Gasteiger partial charge >= 0.3 is 5.97 Å². The van der Waals surface area contributed by atoms with Gasteiger partial charge in [0.25, 0.3) is 0 Å². The average Bonchev–Trinajstić information content (AvgIpc) is 2.63. The van der Waals surface area contributed by atoms with Crippen molar-refractivity contribution in [2.45, 2.75) is 12.8 Å². The van der Waals surface area contributed by atoms with Crippen LogP contribution in [0.2, 0.25) is 0 Å². The molecule has 1 N–H and O–H groups in total. The molecule has 17 heavy (non-hydrogen) atoms. The molecule has 0 aliphatic carbocycles. The normalized spacial score (nSPS) is 29.6. The maximum Gasteiger partial charge on any atom is 0.308 e. The van der Waals surface area contributed by atoms with Crippen LogP contribution < -0.4 is 0 Å². The molecule has 96 valence electrons. The van der Waals surface area contributed by atoms with Crippen molar-refractivity contribution in [1.29, 1.82) is 0 Å². The third kappa shape index (κ3) is 2.38. The molecule has 2 aliphatic rings. The van der Waals surface area contributed by atoms with Crippen molar-refractivity contribution in [1.82, 2.24) is 9.80 Å². The zero-order chi connectivity index (χ0) is 12.5. The SMILES string of the molecule is C=CCN1C[C@@H](C(=O)O)C2(CCN(C)CC2)C1. The lowest BCUT2D eigenvalue weighted by molar-refractivity contribution is -0.145. The van der Waals surface area contributed by atoms with E-state index in [0.29, 0.717) is 6.54 Å². The van der Waals surface area contributed by atoms with Crippen LogP contribution in [0.25, 0.3) is 0 Å². The molecule has 2 fully saturated rings. The van der Waals surface area contributed by atoms with E-state index >= 15 is 0 Å². The van der Waals surface area contributed by atoms with E-state index in [2.05, 4.69) is 23.4 Å². The van der Waals surface area contributed by atoms with Crippen LogP contribution in [-0.4, -0.2) is 60.6 Å². The fourth-order valence-corrected chi connectivity index (χ4v) is 3.30. The number of rotatable bonds is 3. The molecule has 0 amide bonds. The molecule has 0 aromatic rings. The second kappa shape index (κ2) is 4.78. The highest BCUT2D eigenvalue weighted by atomic mass is 16.4. The minimum absolute atomic E-state index is 0.00134. The van der Waals surface area contributed by atoms with E-state index < -0.39 is 5.97 Å². The zero-order valence-electron chi connectivity index (χ0n) is 10.6. The van der Waals surface area contributed by atoms with Crippen LogP contribution in [0, 0.1) is 11.3 Å². The van der Waals surface area contributed by atoms with Crippen molar-refractivity contribution < 1.29 is 9.90 Å². The van der Waals surface area contributed by atoms with Crippen LogP contribution in [0.1, 0.15) is 12.8 Å². The molecular formula is C13H22N2O2. The molecule has 2 saturated heterocycles. The maximum atomic E-state index is 11.4. The van der Waals surface area contributed by atoms with Crippen molar-refractivity contribution in [3.8, 4) is 0 Å². The molecule has 2 rings (SSSR count). The van der Waals surface area contributed by atoms with Crippen molar-refractivity contribution in [2.75, 3.05) is 39.8 Å². The van der Waals surface area contributed by atoms with Gasteiger partial charge in [0.1, 0.15) is 0 Å². The summed E-state index contributed by atoms with van der Waals surface area (Å²) in [6, 6.07) is 0. The van der Waals surface area contributed by atoms with Gasteiger partial charge in [0.05, 0.1) is 5.92 Å². The summed E-state index contributed by atoms with van der Waals surface area (Å²) in [6.45, 7) is 8.19. The molecule has 0 aromatic carbocycles. The summed E-state index contributed by atoms with van der Waals surface area (Å²) < 4.78 is 0. The van der Waals surface area contributed by atoms with Crippen LogP contribution in [0.4, 0.5) is 0 Å². The quantitative estimate of drug-likeness (QED) is 0.742. The molecular weight excluding hydrogens is 216 g/mol. The van der Waals surface area contributed by atoms with Crippen LogP contribution >= 0.6 is 0 Å². The highest BCUT2D eigenvalue weighted by molar-refractivity contribution is 5.72. The van der Waals surface area contributed by atoms with Crippen molar-refractivity contribution >= 4 is 5.97 Å². The topological polar surface area (TPSA) is 43.8 Å². The molecule has 0 unspecified atom stereocenters. The van der Waals surface area contributed by atoms with Crippen molar-refractivity contribution in [3.63, 3.8) is 0 Å². The summed E-state index contributed by atoms with van der Waals surface area (Å²) in [6.07, 6.45) is 3.88. The summed E-state index contributed by atoms with van der Waals surface area (Å²) in [5.41, 5.74) is 0.00134. The number of aliphatic carboxylic acids is 1. The third-order valence-corrected chi connectivity index (χ3v) is 4.39. The molecule has 1 spiro atoms. The van der Waals surface area contributed by atoms with Gasteiger partial charge < -0.3 is 10.0 Å². The predicted octanol–water partition coefficient (Wildman–Crippen LogP) is 0.901. The average molecular weight is 238 g/mol. The lowest BCUT2D eigenvalue weighted by atomic mass is 9.71. The van der Waals surface area contributed by atoms with Gasteiger partial charge in [0, 0.05) is 25.0 Å². The standard InChI is InChI=1S/C13H22N2O2/c1-3-6-15-9-11(12(16)17)13(10-15)4-7-14(2)8-5-13/h3,11H,1,4-10H2,2H3,(H,16,17)/t11-/m0/s1. The summed E-state index contributed by atoms with van der Waals surface area (Å²) in [5, 5.41) is 9.42. The maximum absolute atomic E-state index is 11.4. The van der Waals surface area contributed by atoms with E-state index in [1.807, 2.05) is 6.08 Å². The van der Waals surface area contributed by atoms with Gasteiger partial charge in [-0.3, -0.25) is 9.69 Å². The number of carbonyl (C=O) groups is 1. The number of likely N-dealkylation sites (tertiary alicyclic amines) is 2. The summed E-state index contributed by atoms with van der Waals surface area (Å²) in [4.78, 5) is 16.0. The molecule has 1 atom stereocenters. The van der Waals surface area contributed by atoms with Crippen LogP contribution in [0.3, 0.4) is 0 Å². The Kier molecular flexibility index (Phi) is 3.54. The number of hydrogen-bond acceptors (Lipinski definition) is 3. The van der Waals surface area contributed by atoms with Gasteiger partial charge in [-0.2, -0.15) is 0 Å². The zero-order valence-corrected chi connectivity index (χ0v) is 10.6. The van der Waals surface area contributed by atoms with Gasteiger partial charge in [0.2, 0.25) is 0 Å². The summed E-state index contributed by atoms with van der Waals surface area (Å²) in [5.74, 6) is -0.822. The lowest BCUT2D eigenvalue weighted by Crippen LogP contribution is -2.44. The summed E-state index contributed by atoms with van der Waals surface area (Å²) >= 11 is 0. The Morgan fingerprint density at radius 3 is 2.71 bits per heavy atom. The molecule has 0 aromatic heterocycles.